The van der Waals surface area contributed by atoms with Crippen LogP contribution in [0.1, 0.15) is 12.5 Å². The maximum absolute atomic E-state index is 12.4. The SMILES string of the molecule is CCc1ccc(OCC(O)Cn2c(SCC(N)=O)nc3c2c(=O)[nH]c(=O)n3C)cc1. The van der Waals surface area contributed by atoms with E-state index in [9.17, 15) is 19.5 Å². The highest BCUT2D eigenvalue weighted by Crippen LogP contribution is 2.22. The average molecular weight is 433 g/mol. The lowest BCUT2D eigenvalue weighted by atomic mass is 10.2. The van der Waals surface area contributed by atoms with Gasteiger partial charge in [0.15, 0.2) is 16.3 Å². The van der Waals surface area contributed by atoms with Crippen LogP contribution < -0.4 is 21.7 Å². The number of nitrogens with two attached hydrogens (primary N) is 1. The molecule has 1 amide bonds. The smallest absolute Gasteiger partial charge is 0.329 e. The highest BCUT2D eigenvalue weighted by molar-refractivity contribution is 7.99. The Hall–Kier alpha value is -3.05. The number of primary amides is 1. The van der Waals surface area contributed by atoms with Gasteiger partial charge in [0, 0.05) is 7.05 Å². The molecule has 11 heteroatoms. The van der Waals surface area contributed by atoms with Gasteiger partial charge in [-0.2, -0.15) is 0 Å². The number of benzene rings is 1. The molecule has 3 aromatic rings. The van der Waals surface area contributed by atoms with E-state index in [1.54, 1.807) is 0 Å². The minimum atomic E-state index is -0.974. The third-order valence-electron chi connectivity index (χ3n) is 4.48. The van der Waals surface area contributed by atoms with E-state index >= 15 is 0 Å². The van der Waals surface area contributed by atoms with Crippen molar-refractivity contribution in [3.63, 3.8) is 0 Å². The summed E-state index contributed by atoms with van der Waals surface area (Å²) in [7, 11) is 1.47. The second kappa shape index (κ2) is 9.18. The van der Waals surface area contributed by atoms with Crippen LogP contribution in [0.3, 0.4) is 0 Å². The highest BCUT2D eigenvalue weighted by Gasteiger charge is 2.20. The van der Waals surface area contributed by atoms with Crippen molar-refractivity contribution in [1.29, 1.82) is 0 Å². The number of hydrogen-bond acceptors (Lipinski definition) is 7. The summed E-state index contributed by atoms with van der Waals surface area (Å²) in [6.45, 7) is 2.01. The summed E-state index contributed by atoms with van der Waals surface area (Å²) >= 11 is 1.02. The zero-order valence-electron chi connectivity index (χ0n) is 16.6. The number of fused-ring (bicyclic) bond motifs is 1. The van der Waals surface area contributed by atoms with Crippen molar-refractivity contribution in [2.45, 2.75) is 31.1 Å². The molecule has 0 aliphatic carbocycles. The number of nitrogens with one attached hydrogen (secondary N) is 1. The van der Waals surface area contributed by atoms with Crippen LogP contribution in [0, 0.1) is 0 Å². The Kier molecular flexibility index (Phi) is 6.63. The largest absolute Gasteiger partial charge is 0.491 e. The first kappa shape index (κ1) is 21.7. The lowest BCUT2D eigenvalue weighted by Gasteiger charge is -2.15. The number of rotatable bonds is 9. The second-order valence-electron chi connectivity index (χ2n) is 6.71. The lowest BCUT2D eigenvalue weighted by molar-refractivity contribution is -0.115. The van der Waals surface area contributed by atoms with E-state index in [2.05, 4.69) is 16.9 Å². The number of aromatic nitrogens is 4. The number of imidazole rings is 1. The molecule has 0 fully saturated rings. The van der Waals surface area contributed by atoms with Crippen molar-refractivity contribution in [2.75, 3.05) is 12.4 Å². The van der Waals surface area contributed by atoms with E-state index in [-0.39, 0.29) is 30.1 Å². The number of ether oxygens (including phenoxy) is 1. The zero-order valence-corrected chi connectivity index (χ0v) is 17.4. The zero-order chi connectivity index (χ0) is 21.8. The minimum absolute atomic E-state index is 0.0191. The van der Waals surface area contributed by atoms with Crippen molar-refractivity contribution in [3.8, 4) is 5.75 Å². The number of carbonyl (C=O) groups excluding carboxylic acids is 1. The molecule has 0 radical (unpaired) electrons. The van der Waals surface area contributed by atoms with Crippen LogP contribution in [0.15, 0.2) is 39.0 Å². The van der Waals surface area contributed by atoms with Crippen molar-refractivity contribution in [3.05, 3.63) is 50.7 Å². The summed E-state index contributed by atoms with van der Waals surface area (Å²) in [6.07, 6.45) is -0.0582. The number of amides is 1. The summed E-state index contributed by atoms with van der Waals surface area (Å²) in [5.41, 5.74) is 5.42. The molecular weight excluding hydrogens is 410 g/mol. The van der Waals surface area contributed by atoms with Crippen LogP contribution >= 0.6 is 11.8 Å². The summed E-state index contributed by atoms with van der Waals surface area (Å²) in [6, 6.07) is 7.55. The molecule has 3 rings (SSSR count). The number of hydrogen-bond donors (Lipinski definition) is 3. The number of H-pyrrole nitrogens is 1. The molecule has 0 bridgehead atoms. The molecule has 0 saturated heterocycles. The fraction of sp³-hybridized carbons (Fsp3) is 0.368. The van der Waals surface area contributed by atoms with E-state index in [0.29, 0.717) is 10.9 Å². The molecule has 1 atom stereocenters. The van der Waals surface area contributed by atoms with Crippen molar-refractivity contribution >= 4 is 28.8 Å². The van der Waals surface area contributed by atoms with Gasteiger partial charge in [-0.15, -0.1) is 0 Å². The van der Waals surface area contributed by atoms with E-state index in [4.69, 9.17) is 10.5 Å². The van der Waals surface area contributed by atoms with E-state index in [0.717, 1.165) is 18.2 Å². The molecule has 2 aromatic heterocycles. The number of aryl methyl sites for hydroxylation is 2. The summed E-state index contributed by atoms with van der Waals surface area (Å²) in [5.74, 6) is -0.00272. The molecule has 0 aliphatic heterocycles. The van der Waals surface area contributed by atoms with Gasteiger partial charge < -0.3 is 20.1 Å². The second-order valence-corrected chi connectivity index (χ2v) is 7.66. The molecular formula is C19H23N5O5S. The van der Waals surface area contributed by atoms with E-state index in [1.807, 2.05) is 24.3 Å². The maximum atomic E-state index is 12.4. The van der Waals surface area contributed by atoms with Crippen molar-refractivity contribution < 1.29 is 14.6 Å². The maximum Gasteiger partial charge on any atom is 0.329 e. The Morgan fingerprint density at radius 1 is 1.33 bits per heavy atom. The highest BCUT2D eigenvalue weighted by atomic mass is 32.2. The van der Waals surface area contributed by atoms with Gasteiger partial charge in [-0.05, 0) is 24.1 Å². The summed E-state index contributed by atoms with van der Waals surface area (Å²) in [4.78, 5) is 42.0. The molecule has 0 spiro atoms. The fourth-order valence-corrected chi connectivity index (χ4v) is 3.65. The molecule has 0 saturated carbocycles. The fourth-order valence-electron chi connectivity index (χ4n) is 2.91. The third-order valence-corrected chi connectivity index (χ3v) is 5.48. The normalized spacial score (nSPS) is 12.2. The topological polar surface area (TPSA) is 145 Å². The monoisotopic (exact) mass is 433 g/mol. The van der Waals surface area contributed by atoms with Crippen LogP contribution in [0.4, 0.5) is 0 Å². The first-order valence-electron chi connectivity index (χ1n) is 9.30. The molecule has 30 heavy (non-hydrogen) atoms. The number of aliphatic hydroxyl groups excluding tert-OH is 1. The van der Waals surface area contributed by atoms with Gasteiger partial charge in [0.25, 0.3) is 5.56 Å². The molecule has 0 aliphatic rings. The van der Waals surface area contributed by atoms with Crippen LogP contribution in [0.5, 0.6) is 5.75 Å². The van der Waals surface area contributed by atoms with Gasteiger partial charge in [-0.3, -0.25) is 19.1 Å². The first-order valence-corrected chi connectivity index (χ1v) is 10.3. The predicted octanol–water partition coefficient (Wildman–Crippen LogP) is 0.00300. The minimum Gasteiger partial charge on any atom is -0.491 e. The average Bonchev–Trinajstić information content (AvgIpc) is 3.08. The first-order chi connectivity index (χ1) is 14.3. The molecule has 1 aromatic carbocycles. The number of carbonyl (C=O) groups is 1. The summed E-state index contributed by atoms with van der Waals surface area (Å²) < 4.78 is 8.30. The molecule has 10 nitrogen and oxygen atoms in total. The third kappa shape index (κ3) is 4.74. The Morgan fingerprint density at radius 2 is 2.03 bits per heavy atom. The van der Waals surface area contributed by atoms with Gasteiger partial charge in [-0.25, -0.2) is 9.78 Å². The summed E-state index contributed by atoms with van der Waals surface area (Å²) in [5, 5.41) is 10.8. The van der Waals surface area contributed by atoms with Crippen molar-refractivity contribution in [2.24, 2.45) is 12.8 Å². The quantitative estimate of drug-likeness (QED) is 0.403. The van der Waals surface area contributed by atoms with Gasteiger partial charge in [-0.1, -0.05) is 30.8 Å². The Bertz CT molecular complexity index is 1170. The van der Waals surface area contributed by atoms with Crippen LogP contribution in [-0.2, 0) is 24.8 Å². The van der Waals surface area contributed by atoms with Gasteiger partial charge >= 0.3 is 5.69 Å². The molecule has 1 unspecified atom stereocenters. The van der Waals surface area contributed by atoms with Crippen LogP contribution in [-0.4, -0.2) is 48.6 Å². The van der Waals surface area contributed by atoms with Crippen LogP contribution in [0.2, 0.25) is 0 Å². The van der Waals surface area contributed by atoms with Gasteiger partial charge in [0.1, 0.15) is 18.5 Å². The standard InChI is InChI=1S/C19H23N5O5S/c1-3-11-4-6-13(7-5-11)29-9-12(25)8-24-15-16(21-19(24)30-10-14(20)26)23(2)18(28)22-17(15)27/h4-7,12,25H,3,8-10H2,1-2H3,(H2,20,26)(H,22,27,28). The Balaban J connectivity index is 1.85. The van der Waals surface area contributed by atoms with Crippen molar-refractivity contribution in [1.82, 2.24) is 19.1 Å². The Labute approximate surface area is 175 Å². The van der Waals surface area contributed by atoms with E-state index in [1.165, 1.54) is 21.7 Å². The van der Waals surface area contributed by atoms with Gasteiger partial charge in [0.05, 0.1) is 12.3 Å². The lowest BCUT2D eigenvalue weighted by Crippen LogP contribution is -2.30. The van der Waals surface area contributed by atoms with Crippen LogP contribution in [0.25, 0.3) is 11.2 Å². The molecule has 2 heterocycles. The van der Waals surface area contributed by atoms with E-state index < -0.39 is 23.3 Å². The predicted molar refractivity (Wildman–Crippen MR) is 113 cm³/mol. The number of nitrogens with zero attached hydrogens (tertiary/aromatic N) is 3. The Morgan fingerprint density at radius 3 is 2.67 bits per heavy atom. The number of aromatic amines is 1. The number of aliphatic hydroxyl groups is 1. The van der Waals surface area contributed by atoms with Gasteiger partial charge in [0.2, 0.25) is 5.91 Å². The molecule has 160 valence electrons. The number of thioether (sulfide) groups is 1. The molecule has 4 N–H and O–H groups in total.